The first kappa shape index (κ1) is 16.9. The van der Waals surface area contributed by atoms with Crippen LogP contribution >= 0.6 is 0 Å². The second kappa shape index (κ2) is 7.21. The summed E-state index contributed by atoms with van der Waals surface area (Å²) < 4.78 is 31.7. The lowest BCUT2D eigenvalue weighted by atomic mass is 10.2. The largest absolute Gasteiger partial charge is 0.496 e. The molecule has 0 saturated heterocycles. The first-order chi connectivity index (χ1) is 11.0. The van der Waals surface area contributed by atoms with Crippen molar-refractivity contribution in [2.24, 2.45) is 0 Å². The van der Waals surface area contributed by atoms with Gasteiger partial charge < -0.3 is 10.1 Å². The molecule has 0 radical (unpaired) electrons. The van der Waals surface area contributed by atoms with Gasteiger partial charge >= 0.3 is 0 Å². The Bertz CT molecular complexity index is 792. The van der Waals surface area contributed by atoms with Gasteiger partial charge in [0.05, 0.1) is 17.6 Å². The van der Waals surface area contributed by atoms with Gasteiger partial charge in [-0.05, 0) is 30.3 Å². The number of benzene rings is 1. The number of methoxy groups -OCH3 is 1. The number of sulfonamides is 1. The number of carbonyl (C=O) groups is 1. The van der Waals surface area contributed by atoms with Crippen LogP contribution < -0.4 is 14.8 Å². The van der Waals surface area contributed by atoms with Crippen LogP contribution in [0, 0.1) is 0 Å². The first-order valence-electron chi connectivity index (χ1n) is 6.88. The summed E-state index contributed by atoms with van der Waals surface area (Å²) in [4.78, 5) is 16.4. The Morgan fingerprint density at radius 3 is 2.65 bits per heavy atom. The van der Waals surface area contributed by atoms with Gasteiger partial charge in [0.1, 0.15) is 11.6 Å². The molecule has 8 heteroatoms. The number of nitrogens with one attached hydrogen (secondary N) is 2. The smallest absolute Gasteiger partial charge is 0.260 e. The molecule has 0 spiro atoms. The summed E-state index contributed by atoms with van der Waals surface area (Å²) in [6.07, 6.45) is 1.54. The fraction of sp³-hybridized carbons (Fsp3) is 0.200. The summed E-state index contributed by atoms with van der Waals surface area (Å²) in [5, 5.41) is 2.60. The van der Waals surface area contributed by atoms with Crippen molar-refractivity contribution >= 4 is 21.7 Å². The Balaban J connectivity index is 2.38. The van der Waals surface area contributed by atoms with Crippen molar-refractivity contribution in [3.63, 3.8) is 0 Å². The third-order valence-corrected chi connectivity index (χ3v) is 4.51. The number of nitrogens with zero attached hydrogens (tertiary/aromatic N) is 1. The van der Waals surface area contributed by atoms with Gasteiger partial charge in [0.2, 0.25) is 10.0 Å². The van der Waals surface area contributed by atoms with E-state index in [1.54, 1.807) is 31.3 Å². The second-order valence-corrected chi connectivity index (χ2v) is 6.30. The third-order valence-electron chi connectivity index (χ3n) is 2.97. The molecule has 122 valence electrons. The highest BCUT2D eigenvalue weighted by atomic mass is 32.2. The highest BCUT2D eigenvalue weighted by Crippen LogP contribution is 2.23. The molecule has 1 aromatic heterocycles. The first-order valence-corrected chi connectivity index (χ1v) is 8.36. The van der Waals surface area contributed by atoms with Crippen molar-refractivity contribution in [3.8, 4) is 5.75 Å². The van der Waals surface area contributed by atoms with E-state index in [0.29, 0.717) is 5.82 Å². The van der Waals surface area contributed by atoms with E-state index in [1.165, 1.54) is 25.3 Å². The van der Waals surface area contributed by atoms with Crippen LogP contribution in [0.15, 0.2) is 47.5 Å². The van der Waals surface area contributed by atoms with Crippen LogP contribution in [-0.4, -0.2) is 33.0 Å². The average Bonchev–Trinajstić information content (AvgIpc) is 2.55. The summed E-state index contributed by atoms with van der Waals surface area (Å²) in [5.74, 6) is 0.127. The van der Waals surface area contributed by atoms with Gasteiger partial charge in [-0.2, -0.15) is 0 Å². The molecule has 23 heavy (non-hydrogen) atoms. The van der Waals surface area contributed by atoms with Crippen LogP contribution in [0.3, 0.4) is 0 Å². The van der Waals surface area contributed by atoms with E-state index in [9.17, 15) is 13.2 Å². The van der Waals surface area contributed by atoms with Gasteiger partial charge in [0, 0.05) is 12.7 Å². The maximum Gasteiger partial charge on any atom is 0.260 e. The molecule has 2 rings (SSSR count). The van der Waals surface area contributed by atoms with E-state index < -0.39 is 15.9 Å². The number of rotatable bonds is 6. The SMILES string of the molecule is CCNS(=O)(=O)c1ccc(OC)c(C(=O)Nc2ccccn2)c1. The molecule has 7 nitrogen and oxygen atoms in total. The average molecular weight is 335 g/mol. The van der Waals surface area contributed by atoms with Crippen molar-refractivity contribution in [2.75, 3.05) is 19.0 Å². The highest BCUT2D eigenvalue weighted by Gasteiger charge is 2.19. The quantitative estimate of drug-likeness (QED) is 0.836. The zero-order valence-corrected chi connectivity index (χ0v) is 13.6. The van der Waals surface area contributed by atoms with Crippen LogP contribution in [0.4, 0.5) is 5.82 Å². The number of hydrogen-bond acceptors (Lipinski definition) is 5. The second-order valence-electron chi connectivity index (χ2n) is 4.53. The van der Waals surface area contributed by atoms with E-state index in [1.807, 2.05) is 0 Å². The number of ether oxygens (including phenoxy) is 1. The van der Waals surface area contributed by atoms with Gasteiger partial charge in [-0.25, -0.2) is 18.1 Å². The third kappa shape index (κ3) is 4.05. The lowest BCUT2D eigenvalue weighted by Gasteiger charge is -2.11. The van der Waals surface area contributed by atoms with Crippen LogP contribution in [0.5, 0.6) is 5.75 Å². The van der Waals surface area contributed by atoms with Crippen molar-refractivity contribution in [1.82, 2.24) is 9.71 Å². The molecule has 2 aromatic rings. The summed E-state index contributed by atoms with van der Waals surface area (Å²) in [6.45, 7) is 1.93. The van der Waals surface area contributed by atoms with Gasteiger partial charge in [0.25, 0.3) is 5.91 Å². The summed E-state index contributed by atoms with van der Waals surface area (Å²) >= 11 is 0. The lowest BCUT2D eigenvalue weighted by Crippen LogP contribution is -2.24. The summed E-state index contributed by atoms with van der Waals surface area (Å²) in [7, 11) is -2.26. The number of hydrogen-bond donors (Lipinski definition) is 2. The van der Waals surface area contributed by atoms with Gasteiger partial charge in [-0.1, -0.05) is 13.0 Å². The zero-order chi connectivity index (χ0) is 16.9. The molecule has 0 unspecified atom stereocenters. The minimum absolute atomic E-state index is 0.00804. The number of aromatic nitrogens is 1. The standard InChI is InChI=1S/C15H17N3O4S/c1-3-17-23(20,21)11-7-8-13(22-2)12(10-11)15(19)18-14-6-4-5-9-16-14/h4-10,17H,3H2,1-2H3,(H,16,18,19). The molecule has 1 heterocycles. The van der Waals surface area contributed by atoms with Gasteiger partial charge in [-0.3, -0.25) is 4.79 Å². The van der Waals surface area contributed by atoms with E-state index in [-0.39, 0.29) is 22.8 Å². The summed E-state index contributed by atoms with van der Waals surface area (Å²) in [5.41, 5.74) is 0.108. The fourth-order valence-electron chi connectivity index (χ4n) is 1.93. The summed E-state index contributed by atoms with van der Waals surface area (Å²) in [6, 6.07) is 9.18. The van der Waals surface area contributed by atoms with E-state index in [4.69, 9.17) is 4.74 Å². The molecular formula is C15H17N3O4S. The number of pyridine rings is 1. The molecule has 0 aliphatic rings. The van der Waals surface area contributed by atoms with Crippen LogP contribution in [0.1, 0.15) is 17.3 Å². The molecule has 0 fully saturated rings. The number of carbonyl (C=O) groups excluding carboxylic acids is 1. The maximum atomic E-state index is 12.4. The Kier molecular flexibility index (Phi) is 5.30. The van der Waals surface area contributed by atoms with E-state index in [2.05, 4.69) is 15.0 Å². The molecular weight excluding hydrogens is 318 g/mol. The zero-order valence-electron chi connectivity index (χ0n) is 12.7. The monoisotopic (exact) mass is 335 g/mol. The molecule has 1 amide bonds. The Hall–Kier alpha value is -2.45. The molecule has 0 atom stereocenters. The number of anilines is 1. The Morgan fingerprint density at radius 2 is 2.04 bits per heavy atom. The highest BCUT2D eigenvalue weighted by molar-refractivity contribution is 7.89. The van der Waals surface area contributed by atoms with Gasteiger partial charge in [0.15, 0.2) is 0 Å². The molecule has 0 aliphatic heterocycles. The fourth-order valence-corrected chi connectivity index (χ4v) is 2.99. The van der Waals surface area contributed by atoms with Crippen molar-refractivity contribution in [3.05, 3.63) is 48.2 Å². The van der Waals surface area contributed by atoms with E-state index >= 15 is 0 Å². The van der Waals surface area contributed by atoms with Crippen molar-refractivity contribution in [2.45, 2.75) is 11.8 Å². The molecule has 1 aromatic carbocycles. The van der Waals surface area contributed by atoms with Crippen LogP contribution in [-0.2, 0) is 10.0 Å². The predicted octanol–water partition coefficient (Wildman–Crippen LogP) is 1.64. The normalized spacial score (nSPS) is 11.0. The molecule has 0 aliphatic carbocycles. The van der Waals surface area contributed by atoms with Crippen molar-refractivity contribution in [1.29, 1.82) is 0 Å². The predicted molar refractivity (Wildman–Crippen MR) is 86.0 cm³/mol. The van der Waals surface area contributed by atoms with E-state index in [0.717, 1.165) is 0 Å². The lowest BCUT2D eigenvalue weighted by molar-refractivity contribution is 0.102. The molecule has 2 N–H and O–H groups in total. The minimum atomic E-state index is -3.67. The van der Waals surface area contributed by atoms with Crippen LogP contribution in [0.2, 0.25) is 0 Å². The topological polar surface area (TPSA) is 97.4 Å². The molecule has 0 bridgehead atoms. The Morgan fingerprint density at radius 1 is 1.26 bits per heavy atom. The van der Waals surface area contributed by atoms with Crippen molar-refractivity contribution < 1.29 is 17.9 Å². The Labute approximate surface area is 134 Å². The number of amides is 1. The van der Waals surface area contributed by atoms with Gasteiger partial charge in [-0.15, -0.1) is 0 Å². The van der Waals surface area contributed by atoms with Crippen LogP contribution in [0.25, 0.3) is 0 Å². The maximum absolute atomic E-state index is 12.4. The minimum Gasteiger partial charge on any atom is -0.496 e. The molecule has 0 saturated carbocycles.